The van der Waals surface area contributed by atoms with Crippen LogP contribution in [0, 0.1) is 6.92 Å². The van der Waals surface area contributed by atoms with E-state index in [9.17, 15) is 4.79 Å². The number of aromatic nitrogens is 1. The van der Waals surface area contributed by atoms with E-state index in [4.69, 9.17) is 14.2 Å². The number of amides is 1. The largest absolute Gasteiger partial charge is 0.475 e. The zero-order chi connectivity index (χ0) is 18.0. The molecule has 0 saturated heterocycles. The number of rotatable bonds is 11. The molecule has 0 aromatic carbocycles. The normalized spacial score (nSPS) is 13.4. The lowest BCUT2D eigenvalue weighted by Gasteiger charge is -2.26. The molecule has 0 aliphatic heterocycles. The van der Waals surface area contributed by atoms with E-state index in [-0.39, 0.29) is 5.91 Å². The van der Waals surface area contributed by atoms with Gasteiger partial charge in [0.2, 0.25) is 5.88 Å². The fourth-order valence-corrected chi connectivity index (χ4v) is 2.21. The molecule has 1 aromatic heterocycles. The topological polar surface area (TPSA) is 69.7 Å². The number of nitrogens with one attached hydrogen (secondary N) is 1. The van der Waals surface area contributed by atoms with Gasteiger partial charge in [-0.3, -0.25) is 4.79 Å². The van der Waals surface area contributed by atoms with Crippen LogP contribution in [0.25, 0.3) is 0 Å². The third-order valence-corrected chi connectivity index (χ3v) is 3.90. The molecule has 0 radical (unpaired) electrons. The maximum atomic E-state index is 12.5. The Morgan fingerprint density at radius 2 is 2.08 bits per heavy atom. The second-order valence-electron chi connectivity index (χ2n) is 5.88. The maximum absolute atomic E-state index is 12.5. The van der Waals surface area contributed by atoms with Gasteiger partial charge in [0.05, 0.1) is 18.5 Å². The number of nitrogens with zero attached hydrogens (tertiary/aromatic N) is 1. The van der Waals surface area contributed by atoms with Crippen LogP contribution in [0.1, 0.15) is 45.6 Å². The predicted molar refractivity (Wildman–Crippen MR) is 94.5 cm³/mol. The van der Waals surface area contributed by atoms with Gasteiger partial charge in [-0.2, -0.15) is 0 Å². The highest BCUT2D eigenvalue weighted by Gasteiger charge is 2.32. The van der Waals surface area contributed by atoms with Crippen LogP contribution in [-0.4, -0.2) is 43.4 Å². The number of unbranched alkanes of at least 4 members (excludes halogenated alkanes) is 1. The number of methoxy groups -OCH3 is 1. The summed E-state index contributed by atoms with van der Waals surface area (Å²) in [6.07, 6.45) is 4.22. The van der Waals surface area contributed by atoms with Gasteiger partial charge >= 0.3 is 0 Å². The number of hydrogen-bond acceptors (Lipinski definition) is 5. The molecule has 0 spiro atoms. The molecule has 0 fully saturated rings. The molecule has 24 heavy (non-hydrogen) atoms. The first-order chi connectivity index (χ1) is 11.5. The average Bonchev–Trinajstić information content (AvgIpc) is 2.58. The van der Waals surface area contributed by atoms with Crippen molar-refractivity contribution in [2.75, 3.05) is 32.2 Å². The Morgan fingerprint density at radius 3 is 2.67 bits per heavy atom. The van der Waals surface area contributed by atoms with Crippen molar-refractivity contribution in [2.24, 2.45) is 0 Å². The van der Waals surface area contributed by atoms with Crippen LogP contribution in [0.3, 0.4) is 0 Å². The molecule has 0 unspecified atom stereocenters. The molecular formula is C18H30N2O4. The number of ether oxygens (including phenoxy) is 3. The van der Waals surface area contributed by atoms with E-state index in [0.29, 0.717) is 37.8 Å². The van der Waals surface area contributed by atoms with E-state index in [2.05, 4.69) is 17.2 Å². The Hall–Kier alpha value is -1.66. The Labute approximate surface area is 144 Å². The van der Waals surface area contributed by atoms with Crippen molar-refractivity contribution < 1.29 is 19.0 Å². The first-order valence-electron chi connectivity index (χ1n) is 8.50. The van der Waals surface area contributed by atoms with Gasteiger partial charge in [-0.25, -0.2) is 4.98 Å². The van der Waals surface area contributed by atoms with Gasteiger partial charge in [0, 0.05) is 19.3 Å². The molecule has 0 aliphatic rings. The minimum Gasteiger partial charge on any atom is -0.475 e. The van der Waals surface area contributed by atoms with E-state index in [1.807, 2.05) is 26.8 Å². The second kappa shape index (κ2) is 10.3. The molecule has 6 heteroatoms. The number of pyridine rings is 1. The smallest absolute Gasteiger partial charge is 0.256 e. The van der Waals surface area contributed by atoms with Crippen LogP contribution in [0.5, 0.6) is 5.88 Å². The van der Waals surface area contributed by atoms with Gasteiger partial charge in [-0.1, -0.05) is 19.8 Å². The number of carbonyl (C=O) groups is 1. The highest BCUT2D eigenvalue weighted by atomic mass is 16.5. The van der Waals surface area contributed by atoms with E-state index >= 15 is 0 Å². The lowest BCUT2D eigenvalue weighted by molar-refractivity contribution is -0.136. The van der Waals surface area contributed by atoms with Crippen molar-refractivity contribution in [1.82, 2.24) is 4.98 Å². The summed E-state index contributed by atoms with van der Waals surface area (Å²) in [7, 11) is 1.56. The minimum atomic E-state index is -0.837. The van der Waals surface area contributed by atoms with Crippen LogP contribution < -0.4 is 10.1 Å². The van der Waals surface area contributed by atoms with Crippen molar-refractivity contribution in [1.29, 1.82) is 0 Å². The summed E-state index contributed by atoms with van der Waals surface area (Å²) in [5.74, 6) is 0.387. The van der Waals surface area contributed by atoms with Crippen LogP contribution in [0.15, 0.2) is 12.3 Å². The predicted octanol–water partition coefficient (Wildman–Crippen LogP) is 3.34. The summed E-state index contributed by atoms with van der Waals surface area (Å²) < 4.78 is 16.2. The first kappa shape index (κ1) is 20.4. The second-order valence-corrected chi connectivity index (χ2v) is 5.88. The van der Waals surface area contributed by atoms with Crippen molar-refractivity contribution in [3.8, 4) is 5.88 Å². The molecule has 0 saturated carbocycles. The maximum Gasteiger partial charge on any atom is 0.256 e. The van der Waals surface area contributed by atoms with Crippen molar-refractivity contribution in [2.45, 2.75) is 52.6 Å². The van der Waals surface area contributed by atoms with Crippen LogP contribution >= 0.6 is 0 Å². The quantitative estimate of drug-likeness (QED) is 0.627. The molecule has 136 valence electrons. The first-order valence-corrected chi connectivity index (χ1v) is 8.50. The molecular weight excluding hydrogens is 308 g/mol. The molecule has 1 atom stereocenters. The van der Waals surface area contributed by atoms with Gasteiger partial charge in [0.15, 0.2) is 0 Å². The van der Waals surface area contributed by atoms with E-state index < -0.39 is 5.60 Å². The number of aryl methyl sites for hydroxylation is 1. The number of carbonyl (C=O) groups excluding carboxylic acids is 1. The molecule has 0 bridgehead atoms. The lowest BCUT2D eigenvalue weighted by Crippen LogP contribution is -2.42. The van der Waals surface area contributed by atoms with Gasteiger partial charge in [0.1, 0.15) is 12.2 Å². The standard InChI is InChI=1S/C18H30N2O4/c1-6-8-9-18(4,22-5)17(21)20-15-12-14(3)16(19-13-15)24-11-10-23-7-2/h12-13H,6-11H2,1-5H3,(H,20,21)/t18-/m0/s1. The van der Waals surface area contributed by atoms with Gasteiger partial charge in [0.25, 0.3) is 5.91 Å². The summed E-state index contributed by atoms with van der Waals surface area (Å²) in [6, 6.07) is 1.84. The summed E-state index contributed by atoms with van der Waals surface area (Å²) in [5.41, 5.74) is 0.655. The third kappa shape index (κ3) is 6.09. The lowest BCUT2D eigenvalue weighted by atomic mass is 9.97. The SMILES string of the molecule is CCCC[C@](C)(OC)C(=O)Nc1cnc(OCCOCC)c(C)c1. The van der Waals surface area contributed by atoms with Crippen molar-refractivity contribution in [3.05, 3.63) is 17.8 Å². The highest BCUT2D eigenvalue weighted by Crippen LogP contribution is 2.23. The molecule has 0 aliphatic carbocycles. The van der Waals surface area contributed by atoms with Crippen molar-refractivity contribution >= 4 is 11.6 Å². The number of hydrogen-bond donors (Lipinski definition) is 1. The highest BCUT2D eigenvalue weighted by molar-refractivity contribution is 5.97. The van der Waals surface area contributed by atoms with Gasteiger partial charge in [-0.15, -0.1) is 0 Å². The summed E-state index contributed by atoms with van der Waals surface area (Å²) in [4.78, 5) is 16.8. The van der Waals surface area contributed by atoms with Crippen LogP contribution in [0.4, 0.5) is 5.69 Å². The average molecular weight is 338 g/mol. The molecule has 1 aromatic rings. The van der Waals surface area contributed by atoms with Crippen molar-refractivity contribution in [3.63, 3.8) is 0 Å². The summed E-state index contributed by atoms with van der Waals surface area (Å²) >= 11 is 0. The molecule has 1 amide bonds. The van der Waals surface area contributed by atoms with Crippen LogP contribution in [0.2, 0.25) is 0 Å². The van der Waals surface area contributed by atoms with Gasteiger partial charge in [-0.05, 0) is 33.3 Å². The molecule has 1 N–H and O–H groups in total. The Kier molecular flexibility index (Phi) is 8.71. The fraction of sp³-hybridized carbons (Fsp3) is 0.667. The monoisotopic (exact) mass is 338 g/mol. The summed E-state index contributed by atoms with van der Waals surface area (Å²) in [6.45, 7) is 9.37. The summed E-state index contributed by atoms with van der Waals surface area (Å²) in [5, 5.41) is 2.88. The van der Waals surface area contributed by atoms with E-state index in [0.717, 1.165) is 18.4 Å². The van der Waals surface area contributed by atoms with Gasteiger partial charge < -0.3 is 19.5 Å². The number of anilines is 1. The Bertz CT molecular complexity index is 522. The molecule has 6 nitrogen and oxygen atoms in total. The van der Waals surface area contributed by atoms with Crippen LogP contribution in [-0.2, 0) is 14.3 Å². The third-order valence-electron chi connectivity index (χ3n) is 3.90. The zero-order valence-electron chi connectivity index (χ0n) is 15.5. The zero-order valence-corrected chi connectivity index (χ0v) is 15.5. The fourth-order valence-electron chi connectivity index (χ4n) is 2.21. The van der Waals surface area contributed by atoms with E-state index in [1.54, 1.807) is 13.3 Å². The minimum absolute atomic E-state index is 0.162. The Balaban J connectivity index is 2.67. The molecule has 1 rings (SSSR count). The Morgan fingerprint density at radius 1 is 1.33 bits per heavy atom. The molecule has 1 heterocycles. The van der Waals surface area contributed by atoms with E-state index in [1.165, 1.54) is 0 Å².